The Morgan fingerprint density at radius 1 is 1.22 bits per heavy atom. The van der Waals surface area contributed by atoms with Crippen molar-refractivity contribution < 1.29 is 9.53 Å². The molecular weight excluding hydrogens is 462 g/mol. The van der Waals surface area contributed by atoms with Gasteiger partial charge in [-0.3, -0.25) is 4.79 Å². The van der Waals surface area contributed by atoms with Gasteiger partial charge in [0, 0.05) is 30.0 Å². The lowest BCUT2D eigenvalue weighted by molar-refractivity contribution is -0.0955. The van der Waals surface area contributed by atoms with Crippen LogP contribution in [0.4, 0.5) is 5.69 Å². The van der Waals surface area contributed by atoms with E-state index >= 15 is 0 Å². The number of aromatic nitrogens is 3. The van der Waals surface area contributed by atoms with Crippen LogP contribution in [0.1, 0.15) is 72.4 Å². The Morgan fingerprint density at radius 2 is 2.05 bits per heavy atom. The number of hydrogen-bond donors (Lipinski definition) is 0. The first kappa shape index (κ1) is 24.8. The number of hydrogen-bond acceptors (Lipinski definition) is 4. The molecule has 2 aromatic heterocycles. The number of aryl methyl sites for hydroxylation is 1. The van der Waals surface area contributed by atoms with Gasteiger partial charge in [0.25, 0.3) is 5.91 Å². The van der Waals surface area contributed by atoms with Gasteiger partial charge in [0.05, 0.1) is 41.6 Å². The highest BCUT2D eigenvalue weighted by atomic mass is 16.5. The van der Waals surface area contributed by atoms with Crippen molar-refractivity contribution in [2.24, 2.45) is 7.05 Å². The number of carbonyl (C=O) groups is 1. The van der Waals surface area contributed by atoms with Crippen LogP contribution in [0, 0.1) is 18.3 Å². The molecule has 0 bridgehead atoms. The molecule has 1 aliphatic rings. The van der Waals surface area contributed by atoms with E-state index in [0.29, 0.717) is 11.1 Å². The highest BCUT2D eigenvalue weighted by Crippen LogP contribution is 2.33. The molecule has 1 saturated heterocycles. The third kappa shape index (κ3) is 4.90. The van der Waals surface area contributed by atoms with E-state index in [0.717, 1.165) is 60.0 Å². The largest absolute Gasteiger partial charge is 0.354 e. The summed E-state index contributed by atoms with van der Waals surface area (Å²) in [5.41, 5.74) is 4.61. The first-order chi connectivity index (χ1) is 18.0. The van der Waals surface area contributed by atoms with Gasteiger partial charge in [-0.1, -0.05) is 31.5 Å². The van der Waals surface area contributed by atoms with Crippen molar-refractivity contribution in [1.82, 2.24) is 14.3 Å². The number of ether oxygens (including phenoxy) is 1. The summed E-state index contributed by atoms with van der Waals surface area (Å²) in [4.78, 5) is 15.7. The van der Waals surface area contributed by atoms with Gasteiger partial charge in [0.15, 0.2) is 6.23 Å². The van der Waals surface area contributed by atoms with E-state index < -0.39 is 0 Å². The molecule has 1 aliphatic heterocycles. The van der Waals surface area contributed by atoms with E-state index in [1.54, 1.807) is 11.0 Å². The number of benzene rings is 2. The van der Waals surface area contributed by atoms with Crippen LogP contribution >= 0.6 is 0 Å². The van der Waals surface area contributed by atoms with Crippen molar-refractivity contribution in [1.29, 1.82) is 5.26 Å². The Hall–Kier alpha value is -3.89. The van der Waals surface area contributed by atoms with Crippen molar-refractivity contribution in [2.45, 2.75) is 64.8 Å². The normalized spacial score (nSPS) is 17.6. The highest BCUT2D eigenvalue weighted by Gasteiger charge is 2.26. The summed E-state index contributed by atoms with van der Waals surface area (Å²) < 4.78 is 10.3. The van der Waals surface area contributed by atoms with Gasteiger partial charge >= 0.3 is 0 Å². The maximum Gasteiger partial charge on any atom is 0.260 e. The molecule has 3 heterocycles. The number of fused-ring (bicyclic) bond motifs is 1. The number of carbonyl (C=O) groups excluding carboxylic acids is 1. The van der Waals surface area contributed by atoms with Gasteiger partial charge in [-0.2, -0.15) is 10.4 Å². The maximum atomic E-state index is 13.9. The van der Waals surface area contributed by atoms with Crippen LogP contribution in [0.15, 0.2) is 60.9 Å². The minimum atomic E-state index is -0.113. The molecule has 2 unspecified atom stereocenters. The molecule has 2 atom stereocenters. The molecule has 5 rings (SSSR count). The summed E-state index contributed by atoms with van der Waals surface area (Å²) in [6.45, 7) is 4.42. The van der Waals surface area contributed by atoms with Crippen LogP contribution < -0.4 is 4.90 Å². The minimum absolute atomic E-state index is 0.104. The van der Waals surface area contributed by atoms with E-state index in [2.05, 4.69) is 18.1 Å². The first-order valence-electron chi connectivity index (χ1n) is 13.0. The fourth-order valence-corrected chi connectivity index (χ4v) is 5.21. The van der Waals surface area contributed by atoms with Crippen molar-refractivity contribution in [3.05, 3.63) is 83.3 Å². The molecule has 0 radical (unpaired) electrons. The third-order valence-electron chi connectivity index (χ3n) is 7.43. The van der Waals surface area contributed by atoms with E-state index in [1.807, 2.05) is 78.1 Å². The maximum absolute atomic E-state index is 13.9. The molecule has 7 nitrogen and oxygen atoms in total. The second-order valence-electron chi connectivity index (χ2n) is 9.85. The number of rotatable bonds is 7. The minimum Gasteiger partial charge on any atom is -0.354 e. The lowest BCUT2D eigenvalue weighted by Gasteiger charge is -2.30. The number of anilines is 1. The van der Waals surface area contributed by atoms with Crippen LogP contribution in [-0.2, 0) is 18.3 Å². The van der Waals surface area contributed by atoms with Gasteiger partial charge in [0.1, 0.15) is 0 Å². The monoisotopic (exact) mass is 495 g/mol. The topological polar surface area (TPSA) is 76.1 Å². The van der Waals surface area contributed by atoms with E-state index in [4.69, 9.17) is 4.74 Å². The highest BCUT2D eigenvalue weighted by molar-refractivity contribution is 6.07. The molecule has 0 saturated carbocycles. The zero-order valence-electron chi connectivity index (χ0n) is 21.7. The SMILES string of the molecule is CCCC1CCCC(n2ncc3ccc(N(Cc4ccccc4C#N)C(=O)c4ccn(C)c4C)cc32)O1. The molecule has 7 heteroatoms. The average Bonchev–Trinajstić information content (AvgIpc) is 3.50. The fourth-order valence-electron chi connectivity index (χ4n) is 5.21. The Kier molecular flexibility index (Phi) is 7.11. The molecular formula is C30H33N5O2. The van der Waals surface area contributed by atoms with E-state index in [9.17, 15) is 10.1 Å². The lowest BCUT2D eigenvalue weighted by atomic mass is 10.0. The first-order valence-corrected chi connectivity index (χ1v) is 13.0. The van der Waals surface area contributed by atoms with Crippen molar-refractivity contribution in [3.63, 3.8) is 0 Å². The number of amides is 1. The summed E-state index contributed by atoms with van der Waals surface area (Å²) in [5, 5.41) is 15.4. The van der Waals surface area contributed by atoms with E-state index in [-0.39, 0.29) is 24.8 Å². The number of nitrogens with zero attached hydrogens (tertiary/aromatic N) is 5. The summed E-state index contributed by atoms with van der Waals surface area (Å²) >= 11 is 0. The van der Waals surface area contributed by atoms with E-state index in [1.165, 1.54) is 0 Å². The quantitative estimate of drug-likeness (QED) is 0.303. The summed E-state index contributed by atoms with van der Waals surface area (Å²) in [6.07, 6.45) is 9.18. The van der Waals surface area contributed by atoms with Crippen molar-refractivity contribution >= 4 is 22.5 Å². The summed E-state index contributed by atoms with van der Waals surface area (Å²) in [5.74, 6) is -0.104. The van der Waals surface area contributed by atoms with Crippen molar-refractivity contribution in [3.8, 4) is 6.07 Å². The molecule has 2 aromatic carbocycles. The van der Waals surface area contributed by atoms with Crippen LogP contribution in [0.5, 0.6) is 0 Å². The summed E-state index contributed by atoms with van der Waals surface area (Å²) in [7, 11) is 1.93. The molecule has 0 aliphatic carbocycles. The van der Waals surface area contributed by atoms with Crippen LogP contribution in [0.3, 0.4) is 0 Å². The average molecular weight is 496 g/mol. The van der Waals surface area contributed by atoms with Gasteiger partial charge < -0.3 is 14.2 Å². The second kappa shape index (κ2) is 10.6. The molecule has 1 fully saturated rings. The zero-order chi connectivity index (χ0) is 25.9. The van der Waals surface area contributed by atoms with Crippen LogP contribution in [0.2, 0.25) is 0 Å². The smallest absolute Gasteiger partial charge is 0.260 e. The molecule has 4 aromatic rings. The Bertz CT molecular complexity index is 1460. The standard InChI is InChI=1S/C30H33N5O2/c1-4-8-26-11-7-12-29(37-26)35-28-17-25(14-13-23(28)19-32-35)34(20-24-10-6-5-9-22(24)18-31)30(36)27-15-16-33(3)21(27)2/h5-6,9-10,13-17,19,26,29H,4,7-8,11-12,20H2,1-3H3. The Morgan fingerprint density at radius 3 is 2.81 bits per heavy atom. The van der Waals surface area contributed by atoms with Gasteiger partial charge in [0.2, 0.25) is 0 Å². The predicted octanol–water partition coefficient (Wildman–Crippen LogP) is 6.27. The molecule has 190 valence electrons. The van der Waals surface area contributed by atoms with Crippen molar-refractivity contribution in [2.75, 3.05) is 4.90 Å². The van der Waals surface area contributed by atoms with Gasteiger partial charge in [-0.25, -0.2) is 4.68 Å². The van der Waals surface area contributed by atoms with Crippen LogP contribution in [-0.4, -0.2) is 26.4 Å². The Labute approximate surface area is 217 Å². The second-order valence-corrected chi connectivity index (χ2v) is 9.85. The van der Waals surface area contributed by atoms with Gasteiger partial charge in [-0.05, 0) is 68.5 Å². The molecule has 37 heavy (non-hydrogen) atoms. The zero-order valence-corrected chi connectivity index (χ0v) is 21.7. The molecule has 0 N–H and O–H groups in total. The fraction of sp³-hybridized carbons (Fsp3) is 0.367. The summed E-state index contributed by atoms with van der Waals surface area (Å²) in [6, 6.07) is 17.6. The Balaban J connectivity index is 1.56. The third-order valence-corrected chi connectivity index (χ3v) is 7.43. The predicted molar refractivity (Wildman–Crippen MR) is 144 cm³/mol. The number of nitriles is 1. The van der Waals surface area contributed by atoms with Gasteiger partial charge in [-0.15, -0.1) is 0 Å². The molecule has 0 spiro atoms. The lowest BCUT2D eigenvalue weighted by Crippen LogP contribution is -2.31. The van der Waals surface area contributed by atoms with Crippen LogP contribution in [0.25, 0.3) is 10.9 Å². The molecule has 1 amide bonds.